The fourth-order valence-electron chi connectivity index (χ4n) is 5.00. The molecule has 2 N–H and O–H groups in total. The highest BCUT2D eigenvalue weighted by Gasteiger charge is 2.57. The van der Waals surface area contributed by atoms with Gasteiger partial charge in [0.15, 0.2) is 24.6 Å². The number of aliphatic hydroxyl groups excluding tert-OH is 1. The van der Waals surface area contributed by atoms with Gasteiger partial charge in [-0.15, -0.1) is 0 Å². The molecule has 0 aliphatic carbocycles. The maximum atomic E-state index is 12.6. The molecule has 10 atom stereocenters. The SMILES string of the molecule is C=CCOC(=O)OC1[C@H](O[C@H]2C(CC)O[C@@H](C)C3NC(=O)O[C@H]32)OC(C(=O)OC)[C@H](O)[C@@H]1OCc1ccccc1. The molecule has 220 valence electrons. The van der Waals surface area contributed by atoms with Crippen molar-refractivity contribution in [1.29, 1.82) is 0 Å². The fourth-order valence-corrected chi connectivity index (χ4v) is 5.00. The van der Waals surface area contributed by atoms with Crippen molar-refractivity contribution in [2.75, 3.05) is 13.7 Å². The number of methoxy groups -OCH3 is 1. The van der Waals surface area contributed by atoms with Crippen LogP contribution in [0.2, 0.25) is 0 Å². The van der Waals surface area contributed by atoms with Crippen LogP contribution >= 0.6 is 0 Å². The van der Waals surface area contributed by atoms with Gasteiger partial charge in [-0.05, 0) is 18.9 Å². The van der Waals surface area contributed by atoms with Gasteiger partial charge in [-0.3, -0.25) is 0 Å². The molecule has 3 heterocycles. The van der Waals surface area contributed by atoms with E-state index in [9.17, 15) is 19.5 Å². The third-order valence-electron chi connectivity index (χ3n) is 6.95. The van der Waals surface area contributed by atoms with Gasteiger partial charge in [-0.25, -0.2) is 14.4 Å². The summed E-state index contributed by atoms with van der Waals surface area (Å²) < 4.78 is 45.1. The molecule has 40 heavy (non-hydrogen) atoms. The summed E-state index contributed by atoms with van der Waals surface area (Å²) in [5, 5.41) is 13.9. The van der Waals surface area contributed by atoms with E-state index in [1.54, 1.807) is 19.1 Å². The monoisotopic (exact) mass is 565 g/mol. The zero-order valence-electron chi connectivity index (χ0n) is 22.5. The standard InChI is InChI=1S/C27H35NO12/c1-5-12-34-27(32)40-23-21(35-13-15-10-8-7-9-11-15)18(29)22(24(30)33-4)38-25(23)37-19-16(6-2)36-14(3)17-20(19)39-26(31)28-17/h5,7-11,14,16-23,25,29H,1,6,12-13H2,2-4H3,(H,28,31)/t14-,16?,17?,18+,19-,20+,21-,22?,23?,25+/m0/s1. The number of carbonyl (C=O) groups is 3. The van der Waals surface area contributed by atoms with E-state index in [0.29, 0.717) is 6.42 Å². The number of hydrogen-bond acceptors (Lipinski definition) is 12. The predicted octanol–water partition coefficient (Wildman–Crippen LogP) is 1.60. The summed E-state index contributed by atoms with van der Waals surface area (Å²) >= 11 is 0. The molecule has 3 aliphatic heterocycles. The predicted molar refractivity (Wildman–Crippen MR) is 135 cm³/mol. The van der Waals surface area contributed by atoms with Gasteiger partial charge in [0.05, 0.1) is 32.0 Å². The van der Waals surface area contributed by atoms with E-state index < -0.39 is 73.3 Å². The first-order valence-corrected chi connectivity index (χ1v) is 13.1. The molecule has 1 aromatic carbocycles. The van der Waals surface area contributed by atoms with Crippen LogP contribution in [0.1, 0.15) is 25.8 Å². The van der Waals surface area contributed by atoms with Crippen molar-refractivity contribution in [2.24, 2.45) is 0 Å². The maximum absolute atomic E-state index is 12.6. The summed E-state index contributed by atoms with van der Waals surface area (Å²) in [6.07, 6.45) is -9.88. The molecule has 1 amide bonds. The average Bonchev–Trinajstić information content (AvgIpc) is 3.36. The van der Waals surface area contributed by atoms with Crippen LogP contribution in [0.15, 0.2) is 43.0 Å². The summed E-state index contributed by atoms with van der Waals surface area (Å²) in [5.74, 6) is -0.894. The molecular formula is C27H35NO12. The minimum Gasteiger partial charge on any atom is -0.467 e. The van der Waals surface area contributed by atoms with Gasteiger partial charge >= 0.3 is 18.2 Å². The first-order valence-electron chi connectivity index (χ1n) is 13.1. The van der Waals surface area contributed by atoms with Crippen LogP contribution in [0, 0.1) is 0 Å². The molecule has 0 radical (unpaired) electrons. The van der Waals surface area contributed by atoms with Crippen LogP contribution in [-0.4, -0.2) is 98.2 Å². The number of benzene rings is 1. The van der Waals surface area contributed by atoms with Crippen molar-refractivity contribution in [3.05, 3.63) is 48.6 Å². The third kappa shape index (κ3) is 6.56. The van der Waals surface area contributed by atoms with Crippen molar-refractivity contribution in [3.8, 4) is 0 Å². The van der Waals surface area contributed by atoms with Crippen LogP contribution in [0.4, 0.5) is 9.59 Å². The quantitative estimate of drug-likeness (QED) is 0.240. The number of esters is 1. The molecular weight excluding hydrogens is 530 g/mol. The second-order valence-corrected chi connectivity index (χ2v) is 9.56. The molecule has 3 saturated heterocycles. The topological polar surface area (TPSA) is 157 Å². The zero-order chi connectivity index (χ0) is 28.8. The lowest BCUT2D eigenvalue weighted by molar-refractivity contribution is -0.331. The van der Waals surface area contributed by atoms with Gasteiger partial charge in [0.2, 0.25) is 0 Å². The molecule has 0 saturated carbocycles. The van der Waals surface area contributed by atoms with Crippen molar-refractivity contribution in [1.82, 2.24) is 5.32 Å². The number of alkyl carbamates (subject to hydrolysis) is 1. The second-order valence-electron chi connectivity index (χ2n) is 9.56. The molecule has 0 bridgehead atoms. The Morgan fingerprint density at radius 1 is 1.15 bits per heavy atom. The van der Waals surface area contributed by atoms with Gasteiger partial charge in [0, 0.05) is 0 Å². The highest BCUT2D eigenvalue weighted by Crippen LogP contribution is 2.35. The molecule has 0 spiro atoms. The smallest absolute Gasteiger partial charge is 0.467 e. The van der Waals surface area contributed by atoms with E-state index in [1.165, 1.54) is 6.08 Å². The number of fused-ring (bicyclic) bond motifs is 1. The summed E-state index contributed by atoms with van der Waals surface area (Å²) in [4.78, 5) is 37.3. The zero-order valence-corrected chi connectivity index (χ0v) is 22.5. The van der Waals surface area contributed by atoms with Gasteiger partial charge in [-0.2, -0.15) is 0 Å². The molecule has 4 rings (SSSR count). The summed E-state index contributed by atoms with van der Waals surface area (Å²) in [6, 6.07) is 8.55. The molecule has 13 nitrogen and oxygen atoms in total. The number of rotatable bonds is 10. The van der Waals surface area contributed by atoms with Crippen LogP contribution in [0.25, 0.3) is 0 Å². The van der Waals surface area contributed by atoms with Gasteiger partial charge < -0.3 is 48.3 Å². The Hall–Kier alpha value is -3.23. The van der Waals surface area contributed by atoms with Gasteiger partial charge in [0.1, 0.15) is 24.9 Å². The lowest BCUT2D eigenvalue weighted by Crippen LogP contribution is -2.65. The minimum atomic E-state index is -1.61. The van der Waals surface area contributed by atoms with E-state index in [-0.39, 0.29) is 19.3 Å². The number of amides is 1. The van der Waals surface area contributed by atoms with Crippen LogP contribution in [-0.2, 0) is 49.3 Å². The Balaban J connectivity index is 1.66. The first-order chi connectivity index (χ1) is 19.3. The highest BCUT2D eigenvalue weighted by molar-refractivity contribution is 5.75. The van der Waals surface area contributed by atoms with Crippen molar-refractivity contribution >= 4 is 18.2 Å². The number of ether oxygens (including phenoxy) is 8. The van der Waals surface area contributed by atoms with Crippen molar-refractivity contribution in [2.45, 2.75) is 88.0 Å². The minimum absolute atomic E-state index is 0.00137. The molecule has 0 aromatic heterocycles. The van der Waals surface area contributed by atoms with Crippen LogP contribution in [0.3, 0.4) is 0 Å². The van der Waals surface area contributed by atoms with Crippen molar-refractivity contribution < 1.29 is 57.4 Å². The van der Waals surface area contributed by atoms with E-state index >= 15 is 0 Å². The molecule has 3 fully saturated rings. The maximum Gasteiger partial charge on any atom is 0.509 e. The summed E-state index contributed by atoms with van der Waals surface area (Å²) in [6.45, 7) is 7.04. The Bertz CT molecular complexity index is 1040. The molecule has 1 aromatic rings. The number of nitrogens with one attached hydrogen (secondary N) is 1. The van der Waals surface area contributed by atoms with Crippen LogP contribution in [0.5, 0.6) is 0 Å². The summed E-state index contributed by atoms with van der Waals surface area (Å²) in [5.41, 5.74) is 0.758. The number of hydrogen-bond donors (Lipinski definition) is 2. The van der Waals surface area contributed by atoms with Crippen molar-refractivity contribution in [3.63, 3.8) is 0 Å². The second kappa shape index (κ2) is 13.4. The van der Waals surface area contributed by atoms with E-state index in [2.05, 4.69) is 11.9 Å². The van der Waals surface area contributed by atoms with E-state index in [1.807, 2.05) is 25.1 Å². The lowest BCUT2D eigenvalue weighted by atomic mass is 9.92. The Morgan fingerprint density at radius 2 is 1.90 bits per heavy atom. The number of aliphatic hydroxyl groups is 1. The Labute approximate surface area is 231 Å². The summed E-state index contributed by atoms with van der Waals surface area (Å²) in [7, 11) is 1.14. The molecule has 3 aliphatic rings. The fraction of sp³-hybridized carbons (Fsp3) is 0.593. The molecule has 4 unspecified atom stereocenters. The average molecular weight is 566 g/mol. The molecule has 13 heteroatoms. The van der Waals surface area contributed by atoms with E-state index in [0.717, 1.165) is 12.7 Å². The normalized spacial score (nSPS) is 35.0. The number of carbonyl (C=O) groups excluding carboxylic acids is 3. The lowest BCUT2D eigenvalue weighted by Gasteiger charge is -2.46. The van der Waals surface area contributed by atoms with E-state index in [4.69, 9.17) is 37.9 Å². The largest absolute Gasteiger partial charge is 0.509 e. The highest BCUT2D eigenvalue weighted by atomic mass is 16.8. The van der Waals surface area contributed by atoms with Crippen LogP contribution < -0.4 is 5.32 Å². The Morgan fingerprint density at radius 3 is 2.58 bits per heavy atom. The Kier molecular flexibility index (Phi) is 9.98. The third-order valence-corrected chi connectivity index (χ3v) is 6.95. The van der Waals surface area contributed by atoms with Gasteiger partial charge in [0.25, 0.3) is 0 Å². The first kappa shape index (κ1) is 29.7. The van der Waals surface area contributed by atoms with Gasteiger partial charge in [-0.1, -0.05) is 49.9 Å².